The van der Waals surface area contributed by atoms with Crippen LogP contribution in [-0.4, -0.2) is 12.1 Å². The molecular weight excluding hydrogens is 419 g/mol. The molecule has 28 heavy (non-hydrogen) atoms. The Morgan fingerprint density at radius 3 is 2.50 bits per heavy atom. The van der Waals surface area contributed by atoms with E-state index in [4.69, 9.17) is 39.5 Å². The molecule has 0 heterocycles. The minimum atomic E-state index is -0.402. The van der Waals surface area contributed by atoms with E-state index in [9.17, 15) is 4.79 Å². The molecule has 0 atom stereocenters. The molecule has 3 aromatic rings. The minimum Gasteiger partial charge on any atom is -0.488 e. The molecule has 0 unspecified atom stereocenters. The van der Waals surface area contributed by atoms with Gasteiger partial charge in [-0.15, -0.1) is 0 Å². The van der Waals surface area contributed by atoms with E-state index in [2.05, 4.69) is 10.5 Å². The van der Waals surface area contributed by atoms with Gasteiger partial charge in [0.2, 0.25) is 0 Å². The van der Waals surface area contributed by atoms with Crippen molar-refractivity contribution in [2.75, 3.05) is 0 Å². The topological polar surface area (TPSA) is 50.7 Å². The molecule has 0 aliphatic heterocycles. The second-order valence-electron chi connectivity index (χ2n) is 5.75. The van der Waals surface area contributed by atoms with Crippen LogP contribution in [0.15, 0.2) is 71.8 Å². The Kier molecular flexibility index (Phi) is 6.93. The van der Waals surface area contributed by atoms with Crippen LogP contribution >= 0.6 is 34.8 Å². The van der Waals surface area contributed by atoms with Crippen LogP contribution in [0.2, 0.25) is 15.1 Å². The van der Waals surface area contributed by atoms with Crippen molar-refractivity contribution in [3.05, 3.63) is 98.5 Å². The van der Waals surface area contributed by atoms with Gasteiger partial charge in [-0.2, -0.15) is 5.10 Å². The summed E-state index contributed by atoms with van der Waals surface area (Å²) in [5.74, 6) is 0.0482. The average molecular weight is 434 g/mol. The van der Waals surface area contributed by atoms with Crippen LogP contribution < -0.4 is 10.2 Å². The summed E-state index contributed by atoms with van der Waals surface area (Å²) in [6, 6.07) is 19.4. The number of carbonyl (C=O) groups is 1. The number of carbonyl (C=O) groups excluding carboxylic acids is 1. The average Bonchev–Trinajstić information content (AvgIpc) is 2.71. The summed E-state index contributed by atoms with van der Waals surface area (Å²) in [4.78, 5) is 12.5. The number of hydrazone groups is 1. The lowest BCUT2D eigenvalue weighted by atomic mass is 10.2. The van der Waals surface area contributed by atoms with Crippen molar-refractivity contribution in [3.63, 3.8) is 0 Å². The van der Waals surface area contributed by atoms with Crippen molar-refractivity contribution >= 4 is 46.9 Å². The molecule has 3 rings (SSSR count). The largest absolute Gasteiger partial charge is 0.488 e. The van der Waals surface area contributed by atoms with Gasteiger partial charge in [0.05, 0.1) is 21.8 Å². The molecule has 4 nitrogen and oxygen atoms in total. The third kappa shape index (κ3) is 5.26. The summed E-state index contributed by atoms with van der Waals surface area (Å²) >= 11 is 17.9. The molecule has 1 N–H and O–H groups in total. The van der Waals surface area contributed by atoms with Crippen LogP contribution in [0.3, 0.4) is 0 Å². The predicted molar refractivity (Wildman–Crippen MR) is 114 cm³/mol. The fraction of sp³-hybridized carbons (Fsp3) is 0.0476. The normalized spacial score (nSPS) is 10.8. The van der Waals surface area contributed by atoms with Crippen LogP contribution in [0.5, 0.6) is 5.75 Å². The molecular formula is C21H15Cl3N2O2. The number of amides is 1. The number of ether oxygens (including phenoxy) is 1. The minimum absolute atomic E-state index is 0.308. The number of nitrogens with one attached hydrogen (secondary N) is 1. The second kappa shape index (κ2) is 9.60. The molecule has 142 valence electrons. The van der Waals surface area contributed by atoms with Crippen LogP contribution in [0, 0.1) is 0 Å². The molecule has 0 saturated carbocycles. The molecule has 0 aliphatic carbocycles. The van der Waals surface area contributed by atoms with Crippen molar-refractivity contribution in [2.45, 2.75) is 6.61 Å². The van der Waals surface area contributed by atoms with Crippen LogP contribution in [0.4, 0.5) is 0 Å². The first-order valence-corrected chi connectivity index (χ1v) is 9.41. The molecule has 0 spiro atoms. The molecule has 0 bridgehead atoms. The first-order valence-electron chi connectivity index (χ1n) is 8.28. The van der Waals surface area contributed by atoms with Gasteiger partial charge in [-0.3, -0.25) is 4.79 Å². The molecule has 0 aromatic heterocycles. The van der Waals surface area contributed by atoms with E-state index in [1.54, 1.807) is 54.6 Å². The Morgan fingerprint density at radius 1 is 0.964 bits per heavy atom. The Morgan fingerprint density at radius 2 is 1.71 bits per heavy atom. The Bertz CT molecular complexity index is 1000. The number of halogens is 3. The molecule has 0 fully saturated rings. The third-order valence-electron chi connectivity index (χ3n) is 3.79. The fourth-order valence-electron chi connectivity index (χ4n) is 2.36. The first-order chi connectivity index (χ1) is 13.5. The van der Waals surface area contributed by atoms with Crippen molar-refractivity contribution in [1.82, 2.24) is 5.43 Å². The second-order valence-corrected chi connectivity index (χ2v) is 6.98. The molecule has 7 heteroatoms. The Hall–Kier alpha value is -2.53. The van der Waals surface area contributed by atoms with Gasteiger partial charge >= 0.3 is 0 Å². The number of rotatable bonds is 6. The Balaban J connectivity index is 1.67. The maximum atomic E-state index is 12.5. The van der Waals surface area contributed by atoms with Gasteiger partial charge in [0.15, 0.2) is 0 Å². The number of benzene rings is 3. The van der Waals surface area contributed by atoms with E-state index in [1.165, 1.54) is 6.21 Å². The summed E-state index contributed by atoms with van der Waals surface area (Å²) < 4.78 is 5.79. The number of hydrogen-bond acceptors (Lipinski definition) is 3. The highest BCUT2D eigenvalue weighted by Gasteiger charge is 2.11. The standard InChI is InChI=1S/C21H15Cl3N2O2/c22-16-10-8-14(9-11-16)13-28-19-7-2-1-5-17(19)21(27)26-25-12-15-4-3-6-18(23)20(15)24/h1-12H,13H2,(H,26,27). The smallest absolute Gasteiger partial charge is 0.275 e. The van der Waals surface area contributed by atoms with Crippen LogP contribution in [0.1, 0.15) is 21.5 Å². The third-order valence-corrected chi connectivity index (χ3v) is 4.88. The highest BCUT2D eigenvalue weighted by molar-refractivity contribution is 6.43. The predicted octanol–water partition coefficient (Wildman–Crippen LogP) is 5.99. The molecule has 1 amide bonds. The summed E-state index contributed by atoms with van der Waals surface area (Å²) in [5, 5.41) is 5.39. The van der Waals surface area contributed by atoms with Gasteiger partial charge in [0, 0.05) is 10.6 Å². The molecule has 3 aromatic carbocycles. The van der Waals surface area contributed by atoms with E-state index in [0.717, 1.165) is 5.56 Å². The van der Waals surface area contributed by atoms with Gasteiger partial charge in [-0.25, -0.2) is 5.43 Å². The highest BCUT2D eigenvalue weighted by Crippen LogP contribution is 2.24. The molecule has 0 saturated heterocycles. The van der Waals surface area contributed by atoms with E-state index in [0.29, 0.717) is 38.6 Å². The van der Waals surface area contributed by atoms with Gasteiger partial charge in [0.25, 0.3) is 5.91 Å². The van der Waals surface area contributed by atoms with Crippen molar-refractivity contribution in [2.24, 2.45) is 5.10 Å². The SMILES string of the molecule is O=C(NN=Cc1cccc(Cl)c1Cl)c1ccccc1OCc1ccc(Cl)cc1. The van der Waals surface area contributed by atoms with Crippen LogP contribution in [0.25, 0.3) is 0 Å². The van der Waals surface area contributed by atoms with Gasteiger partial charge < -0.3 is 4.74 Å². The van der Waals surface area contributed by atoms with Crippen molar-refractivity contribution in [1.29, 1.82) is 0 Å². The maximum Gasteiger partial charge on any atom is 0.275 e. The van der Waals surface area contributed by atoms with E-state index < -0.39 is 5.91 Å². The molecule has 0 radical (unpaired) electrons. The van der Waals surface area contributed by atoms with E-state index in [1.807, 2.05) is 12.1 Å². The molecule has 0 aliphatic rings. The van der Waals surface area contributed by atoms with Crippen molar-refractivity contribution < 1.29 is 9.53 Å². The van der Waals surface area contributed by atoms with Gasteiger partial charge in [-0.1, -0.05) is 71.2 Å². The van der Waals surface area contributed by atoms with Gasteiger partial charge in [-0.05, 0) is 35.9 Å². The lowest BCUT2D eigenvalue weighted by Gasteiger charge is -2.10. The fourth-order valence-corrected chi connectivity index (χ4v) is 2.85. The summed E-state index contributed by atoms with van der Waals surface area (Å²) in [6.45, 7) is 0.308. The zero-order chi connectivity index (χ0) is 19.9. The number of para-hydroxylation sites is 1. The monoisotopic (exact) mass is 432 g/mol. The van der Waals surface area contributed by atoms with Crippen molar-refractivity contribution in [3.8, 4) is 5.75 Å². The lowest BCUT2D eigenvalue weighted by molar-refractivity contribution is 0.0950. The quantitative estimate of drug-likeness (QED) is 0.383. The summed E-state index contributed by atoms with van der Waals surface area (Å²) in [7, 11) is 0. The number of hydrogen-bond donors (Lipinski definition) is 1. The highest BCUT2D eigenvalue weighted by atomic mass is 35.5. The van der Waals surface area contributed by atoms with E-state index >= 15 is 0 Å². The first kappa shape index (κ1) is 20.2. The van der Waals surface area contributed by atoms with E-state index in [-0.39, 0.29) is 0 Å². The zero-order valence-electron chi connectivity index (χ0n) is 14.5. The summed E-state index contributed by atoms with van der Waals surface area (Å²) in [5.41, 5.74) is 4.37. The Labute approximate surface area is 177 Å². The zero-order valence-corrected chi connectivity index (χ0v) is 16.8. The van der Waals surface area contributed by atoms with Gasteiger partial charge in [0.1, 0.15) is 12.4 Å². The number of nitrogens with zero attached hydrogens (tertiary/aromatic N) is 1. The summed E-state index contributed by atoms with van der Waals surface area (Å²) in [6.07, 6.45) is 1.43. The van der Waals surface area contributed by atoms with Crippen LogP contribution in [-0.2, 0) is 6.61 Å². The maximum absolute atomic E-state index is 12.5. The lowest BCUT2D eigenvalue weighted by Crippen LogP contribution is -2.18.